The van der Waals surface area contributed by atoms with Gasteiger partial charge in [-0.25, -0.2) is 4.79 Å². The van der Waals surface area contributed by atoms with E-state index in [1.807, 2.05) is 39.0 Å². The maximum absolute atomic E-state index is 10.8. The number of aliphatic hydroxyl groups is 1. The number of rotatable bonds is 5. The first-order valence-electron chi connectivity index (χ1n) is 5.93. The SMILES string of the molecule is Cc1ccc(C(C)C)c(OCC(C)(O)C(=O)O)c1. The van der Waals surface area contributed by atoms with Crippen LogP contribution in [0.25, 0.3) is 0 Å². The zero-order valence-corrected chi connectivity index (χ0v) is 11.2. The minimum Gasteiger partial charge on any atom is -0.490 e. The lowest BCUT2D eigenvalue weighted by molar-refractivity contribution is -0.159. The lowest BCUT2D eigenvalue weighted by Gasteiger charge is -2.21. The molecule has 1 unspecified atom stereocenters. The summed E-state index contributed by atoms with van der Waals surface area (Å²) in [4.78, 5) is 10.8. The highest BCUT2D eigenvalue weighted by Crippen LogP contribution is 2.28. The largest absolute Gasteiger partial charge is 0.490 e. The van der Waals surface area contributed by atoms with Crippen molar-refractivity contribution in [2.45, 2.75) is 39.2 Å². The van der Waals surface area contributed by atoms with Gasteiger partial charge < -0.3 is 14.9 Å². The number of carboxylic acids is 1. The number of ether oxygens (including phenoxy) is 1. The third-order valence-corrected chi connectivity index (χ3v) is 2.76. The van der Waals surface area contributed by atoms with Gasteiger partial charge in [0.15, 0.2) is 5.60 Å². The Balaban J connectivity index is 2.90. The third-order valence-electron chi connectivity index (χ3n) is 2.76. The van der Waals surface area contributed by atoms with Gasteiger partial charge in [0.25, 0.3) is 0 Å². The summed E-state index contributed by atoms with van der Waals surface area (Å²) in [6.07, 6.45) is 0. The molecule has 0 radical (unpaired) electrons. The molecule has 0 saturated carbocycles. The van der Waals surface area contributed by atoms with Crippen LogP contribution in [0.1, 0.15) is 37.8 Å². The van der Waals surface area contributed by atoms with E-state index in [0.717, 1.165) is 11.1 Å². The summed E-state index contributed by atoms with van der Waals surface area (Å²) in [5.41, 5.74) is 0.156. The highest BCUT2D eigenvalue weighted by molar-refractivity contribution is 5.76. The van der Waals surface area contributed by atoms with Crippen molar-refractivity contribution in [3.05, 3.63) is 29.3 Å². The summed E-state index contributed by atoms with van der Waals surface area (Å²) in [5.74, 6) is -0.386. The topological polar surface area (TPSA) is 66.8 Å². The van der Waals surface area contributed by atoms with Crippen molar-refractivity contribution in [3.63, 3.8) is 0 Å². The van der Waals surface area contributed by atoms with Gasteiger partial charge in [-0.1, -0.05) is 26.0 Å². The molecule has 0 aromatic heterocycles. The van der Waals surface area contributed by atoms with Crippen LogP contribution in [0.15, 0.2) is 18.2 Å². The molecule has 0 saturated heterocycles. The molecule has 0 aliphatic heterocycles. The van der Waals surface area contributed by atoms with Gasteiger partial charge in [0, 0.05) is 0 Å². The van der Waals surface area contributed by atoms with Crippen LogP contribution in [0, 0.1) is 6.92 Å². The van der Waals surface area contributed by atoms with Gasteiger partial charge in [-0.15, -0.1) is 0 Å². The average Bonchev–Trinajstić information content (AvgIpc) is 2.26. The molecule has 1 aromatic carbocycles. The standard InChI is InChI=1S/C14H20O4/c1-9(2)11-6-5-10(3)7-12(11)18-8-14(4,17)13(15)16/h5-7,9,17H,8H2,1-4H3,(H,15,16). The number of benzene rings is 1. The van der Waals surface area contributed by atoms with Gasteiger partial charge in [-0.2, -0.15) is 0 Å². The van der Waals surface area contributed by atoms with E-state index in [1.165, 1.54) is 6.92 Å². The average molecular weight is 252 g/mol. The molecule has 0 fully saturated rings. The zero-order chi connectivity index (χ0) is 13.9. The van der Waals surface area contributed by atoms with E-state index >= 15 is 0 Å². The quantitative estimate of drug-likeness (QED) is 0.844. The Bertz CT molecular complexity index is 435. The molecule has 100 valence electrons. The minimum absolute atomic E-state index is 0.272. The van der Waals surface area contributed by atoms with Crippen molar-refractivity contribution in [2.24, 2.45) is 0 Å². The number of aliphatic carboxylic acids is 1. The molecular formula is C14H20O4. The van der Waals surface area contributed by atoms with E-state index in [-0.39, 0.29) is 12.5 Å². The normalized spacial score (nSPS) is 14.3. The van der Waals surface area contributed by atoms with Crippen molar-refractivity contribution >= 4 is 5.97 Å². The molecule has 2 N–H and O–H groups in total. The van der Waals surface area contributed by atoms with Crippen molar-refractivity contribution in [2.75, 3.05) is 6.61 Å². The first-order valence-corrected chi connectivity index (χ1v) is 5.93. The van der Waals surface area contributed by atoms with E-state index < -0.39 is 11.6 Å². The van der Waals surface area contributed by atoms with Crippen molar-refractivity contribution in [1.82, 2.24) is 0 Å². The second kappa shape index (κ2) is 5.40. The molecule has 0 bridgehead atoms. The van der Waals surface area contributed by atoms with Crippen LogP contribution in [-0.2, 0) is 4.79 Å². The lowest BCUT2D eigenvalue weighted by atomic mass is 10.0. The van der Waals surface area contributed by atoms with E-state index in [1.54, 1.807) is 0 Å². The van der Waals surface area contributed by atoms with Gasteiger partial charge >= 0.3 is 5.97 Å². The Kier molecular flexibility index (Phi) is 4.35. The molecule has 4 heteroatoms. The Morgan fingerprint density at radius 2 is 2.06 bits per heavy atom. The van der Waals surface area contributed by atoms with Gasteiger partial charge in [-0.3, -0.25) is 0 Å². The summed E-state index contributed by atoms with van der Waals surface area (Å²) in [5, 5.41) is 18.4. The molecule has 0 heterocycles. The Labute approximate surface area is 107 Å². The van der Waals surface area contributed by atoms with E-state index in [4.69, 9.17) is 9.84 Å². The summed E-state index contributed by atoms with van der Waals surface area (Å²) < 4.78 is 5.47. The predicted molar refractivity (Wildman–Crippen MR) is 69.0 cm³/mol. The van der Waals surface area contributed by atoms with Gasteiger partial charge in [0.1, 0.15) is 12.4 Å². The van der Waals surface area contributed by atoms with Crippen molar-refractivity contribution in [1.29, 1.82) is 0 Å². The first-order chi connectivity index (χ1) is 8.24. The molecule has 1 aromatic rings. The second-order valence-electron chi connectivity index (χ2n) is 5.06. The smallest absolute Gasteiger partial charge is 0.339 e. The summed E-state index contributed by atoms with van der Waals surface area (Å²) >= 11 is 0. The summed E-state index contributed by atoms with van der Waals surface area (Å²) in [6, 6.07) is 5.80. The Morgan fingerprint density at radius 3 is 2.56 bits per heavy atom. The fourth-order valence-electron chi connectivity index (χ4n) is 1.52. The van der Waals surface area contributed by atoms with Crippen LogP contribution in [-0.4, -0.2) is 28.4 Å². The highest BCUT2D eigenvalue weighted by atomic mass is 16.5. The maximum atomic E-state index is 10.8. The molecule has 0 spiro atoms. The highest BCUT2D eigenvalue weighted by Gasteiger charge is 2.31. The maximum Gasteiger partial charge on any atom is 0.339 e. The molecule has 4 nitrogen and oxygen atoms in total. The molecule has 0 aliphatic rings. The van der Waals surface area contributed by atoms with Gasteiger partial charge in [-0.05, 0) is 37.0 Å². The third kappa shape index (κ3) is 3.47. The minimum atomic E-state index is -1.88. The van der Waals surface area contributed by atoms with Crippen LogP contribution < -0.4 is 4.74 Å². The Morgan fingerprint density at radius 1 is 1.44 bits per heavy atom. The number of carbonyl (C=O) groups is 1. The van der Waals surface area contributed by atoms with Crippen LogP contribution in [0.2, 0.25) is 0 Å². The first kappa shape index (κ1) is 14.5. The molecule has 0 aliphatic carbocycles. The van der Waals surface area contributed by atoms with Crippen molar-refractivity contribution in [3.8, 4) is 5.75 Å². The summed E-state index contributed by atoms with van der Waals surface area (Å²) in [7, 11) is 0. The Hall–Kier alpha value is -1.55. The van der Waals surface area contributed by atoms with Crippen LogP contribution in [0.3, 0.4) is 0 Å². The zero-order valence-electron chi connectivity index (χ0n) is 11.2. The van der Waals surface area contributed by atoms with Crippen molar-refractivity contribution < 1.29 is 19.7 Å². The van der Waals surface area contributed by atoms with Crippen LogP contribution in [0.4, 0.5) is 0 Å². The molecular weight excluding hydrogens is 232 g/mol. The van der Waals surface area contributed by atoms with E-state index in [9.17, 15) is 9.90 Å². The van der Waals surface area contributed by atoms with Crippen LogP contribution >= 0.6 is 0 Å². The van der Waals surface area contributed by atoms with Gasteiger partial charge in [0.2, 0.25) is 0 Å². The summed E-state index contributed by atoms with van der Waals surface area (Å²) in [6.45, 7) is 6.96. The predicted octanol–water partition coefficient (Wildman–Crippen LogP) is 2.33. The molecule has 1 rings (SSSR count). The number of hydrogen-bond donors (Lipinski definition) is 2. The number of carboxylic acid groups (broad SMARTS) is 1. The molecule has 1 atom stereocenters. The lowest BCUT2D eigenvalue weighted by Crippen LogP contribution is -2.41. The van der Waals surface area contributed by atoms with E-state index in [0.29, 0.717) is 5.75 Å². The van der Waals surface area contributed by atoms with Crippen LogP contribution in [0.5, 0.6) is 5.75 Å². The number of aryl methyl sites for hydroxylation is 1. The molecule has 0 amide bonds. The fraction of sp³-hybridized carbons (Fsp3) is 0.500. The van der Waals surface area contributed by atoms with E-state index in [2.05, 4.69) is 0 Å². The molecule has 18 heavy (non-hydrogen) atoms. The second-order valence-corrected chi connectivity index (χ2v) is 5.06. The number of hydrogen-bond acceptors (Lipinski definition) is 3. The monoisotopic (exact) mass is 252 g/mol. The fourth-order valence-corrected chi connectivity index (χ4v) is 1.52. The van der Waals surface area contributed by atoms with Gasteiger partial charge in [0.05, 0.1) is 0 Å².